The molecule has 3 aromatic carbocycles. The zero-order valence-corrected chi connectivity index (χ0v) is 30.9. The molecule has 0 spiro atoms. The SMILES string of the molecule is C=CC(=O)Nc1cc(Nc2cc(N3OCC[C@@H]3c3cccc(Oc4cc(F)ccc4F)c3)ncn2)c(OC)cc1N1CCC(N2CCN(C3CC3)CC2)CC1. The van der Waals surface area contributed by atoms with Gasteiger partial charge < -0.3 is 25.0 Å². The van der Waals surface area contributed by atoms with Gasteiger partial charge in [0.2, 0.25) is 5.91 Å². The number of ether oxygens (including phenoxy) is 2. The Labute approximate surface area is 319 Å². The second-order valence-electron chi connectivity index (χ2n) is 14.4. The molecule has 1 atom stereocenters. The Hall–Kier alpha value is -5.31. The van der Waals surface area contributed by atoms with Crippen molar-refractivity contribution in [3.05, 3.63) is 96.8 Å². The molecule has 1 aliphatic carbocycles. The molecule has 1 aromatic heterocycles. The summed E-state index contributed by atoms with van der Waals surface area (Å²) in [7, 11) is 1.62. The van der Waals surface area contributed by atoms with E-state index in [9.17, 15) is 13.6 Å². The quantitative estimate of drug-likeness (QED) is 0.145. The minimum atomic E-state index is -0.659. The maximum absolute atomic E-state index is 14.3. The van der Waals surface area contributed by atoms with Crippen LogP contribution < -0.4 is 30.1 Å². The number of hydroxylamine groups is 1. The van der Waals surface area contributed by atoms with Gasteiger partial charge in [-0.2, -0.15) is 0 Å². The van der Waals surface area contributed by atoms with Crippen LogP contribution in [0.5, 0.6) is 17.2 Å². The lowest BCUT2D eigenvalue weighted by molar-refractivity contribution is -0.111. The number of aromatic nitrogens is 2. The van der Waals surface area contributed by atoms with Crippen LogP contribution in [0.3, 0.4) is 0 Å². The summed E-state index contributed by atoms with van der Waals surface area (Å²) in [6.07, 6.45) is 8.17. The predicted molar refractivity (Wildman–Crippen MR) is 207 cm³/mol. The van der Waals surface area contributed by atoms with Crippen LogP contribution in [-0.2, 0) is 9.63 Å². The van der Waals surface area contributed by atoms with Gasteiger partial charge >= 0.3 is 0 Å². The lowest BCUT2D eigenvalue weighted by atomic mass is 10.0. The van der Waals surface area contributed by atoms with E-state index in [0.717, 1.165) is 74.5 Å². The minimum Gasteiger partial charge on any atom is -0.494 e. The summed E-state index contributed by atoms with van der Waals surface area (Å²) < 4.78 is 39.7. The van der Waals surface area contributed by atoms with Crippen molar-refractivity contribution in [1.29, 1.82) is 0 Å². The highest BCUT2D eigenvalue weighted by Crippen LogP contribution is 2.41. The molecule has 4 aliphatic rings. The van der Waals surface area contributed by atoms with Gasteiger partial charge in [0.1, 0.15) is 29.5 Å². The number of nitrogens with zero attached hydrogens (tertiary/aromatic N) is 6. The molecule has 1 saturated carbocycles. The van der Waals surface area contributed by atoms with Crippen molar-refractivity contribution in [2.24, 2.45) is 0 Å². The van der Waals surface area contributed by atoms with Crippen molar-refractivity contribution in [3.8, 4) is 17.2 Å². The van der Waals surface area contributed by atoms with Crippen molar-refractivity contribution >= 4 is 34.6 Å². The van der Waals surface area contributed by atoms with Gasteiger partial charge in [-0.1, -0.05) is 18.7 Å². The van der Waals surface area contributed by atoms with Crippen LogP contribution in [0.15, 0.2) is 79.6 Å². The first-order valence-corrected chi connectivity index (χ1v) is 19.0. The number of anilines is 5. The standard InChI is InChI=1S/C41H46F2N8O4/c1-3-41(52)47-33-23-34(38(53-2)24-36(33)50-14-11-30(12-15-50)49-18-16-48(17-19-49)29-8-9-29)46-39-25-40(45-26-44-39)51-35(13-20-54-51)27-5-4-6-31(21-27)55-37-22-28(42)7-10-32(37)43/h3-7,10,21-26,29-30,35H,1,8-9,11-20H2,2H3,(H,47,52)(H,44,45,46)/t35-/m1/s1. The monoisotopic (exact) mass is 752 g/mol. The normalized spacial score (nSPS) is 19.7. The topological polar surface area (TPSA) is 108 Å². The van der Waals surface area contributed by atoms with Crippen LogP contribution in [-0.4, -0.2) is 90.7 Å². The lowest BCUT2D eigenvalue weighted by Gasteiger charge is -2.43. The number of hydrogen-bond acceptors (Lipinski definition) is 11. The van der Waals surface area contributed by atoms with E-state index in [1.807, 2.05) is 18.2 Å². The van der Waals surface area contributed by atoms with Crippen LogP contribution in [0, 0.1) is 11.6 Å². The molecule has 1 amide bonds. The molecular formula is C41H46F2N8O4. The first-order chi connectivity index (χ1) is 26.8. The highest BCUT2D eigenvalue weighted by molar-refractivity contribution is 6.02. The Morgan fingerprint density at radius 1 is 0.873 bits per heavy atom. The van der Waals surface area contributed by atoms with Gasteiger partial charge in [-0.05, 0) is 67.7 Å². The van der Waals surface area contributed by atoms with Crippen LogP contribution >= 0.6 is 0 Å². The van der Waals surface area contributed by atoms with Crippen molar-refractivity contribution in [2.45, 2.75) is 50.2 Å². The van der Waals surface area contributed by atoms with E-state index in [2.05, 4.69) is 41.9 Å². The Morgan fingerprint density at radius 3 is 2.36 bits per heavy atom. The largest absolute Gasteiger partial charge is 0.494 e. The van der Waals surface area contributed by atoms with Gasteiger partial charge in [-0.3, -0.25) is 19.4 Å². The third-order valence-corrected chi connectivity index (χ3v) is 10.9. The molecule has 3 saturated heterocycles. The molecule has 0 radical (unpaired) electrons. The summed E-state index contributed by atoms with van der Waals surface area (Å²) in [4.78, 5) is 35.3. The third-order valence-electron chi connectivity index (χ3n) is 10.9. The number of rotatable bonds is 12. The summed E-state index contributed by atoms with van der Waals surface area (Å²) in [6, 6.07) is 17.0. The predicted octanol–water partition coefficient (Wildman–Crippen LogP) is 7.06. The summed E-state index contributed by atoms with van der Waals surface area (Å²) in [5.74, 6) is 0.184. The van der Waals surface area contributed by atoms with Gasteiger partial charge in [0, 0.05) is 76.0 Å². The van der Waals surface area contributed by atoms with Crippen LogP contribution in [0.4, 0.5) is 37.5 Å². The summed E-state index contributed by atoms with van der Waals surface area (Å²) in [5, 5.41) is 8.09. The highest BCUT2D eigenvalue weighted by atomic mass is 19.1. The maximum atomic E-state index is 14.3. The summed E-state index contributed by atoms with van der Waals surface area (Å²) >= 11 is 0. The number of methoxy groups -OCH3 is 1. The molecule has 12 nitrogen and oxygen atoms in total. The fourth-order valence-electron chi connectivity index (χ4n) is 7.90. The van der Waals surface area contributed by atoms with E-state index >= 15 is 0 Å². The number of halogens is 2. The fraction of sp³-hybridized carbons (Fsp3) is 0.390. The maximum Gasteiger partial charge on any atom is 0.247 e. The lowest BCUT2D eigenvalue weighted by Crippen LogP contribution is -2.53. The Bertz CT molecular complexity index is 2020. The number of amides is 1. The van der Waals surface area contributed by atoms with E-state index in [0.29, 0.717) is 53.6 Å². The van der Waals surface area contributed by atoms with Crippen LogP contribution in [0.2, 0.25) is 0 Å². The van der Waals surface area contributed by atoms with E-state index in [4.69, 9.17) is 14.3 Å². The summed E-state index contributed by atoms with van der Waals surface area (Å²) in [6.45, 7) is 10.4. The molecule has 3 aliphatic heterocycles. The first-order valence-electron chi connectivity index (χ1n) is 19.0. The van der Waals surface area contributed by atoms with E-state index in [-0.39, 0.29) is 17.7 Å². The van der Waals surface area contributed by atoms with Crippen LogP contribution in [0.1, 0.15) is 43.7 Å². The molecule has 8 rings (SSSR count). The third kappa shape index (κ3) is 8.36. The van der Waals surface area contributed by atoms with Crippen molar-refractivity contribution in [2.75, 3.05) is 73.6 Å². The van der Waals surface area contributed by atoms with E-state index in [1.165, 1.54) is 38.3 Å². The van der Waals surface area contributed by atoms with Gasteiger partial charge in [0.25, 0.3) is 0 Å². The highest BCUT2D eigenvalue weighted by Gasteiger charge is 2.34. The van der Waals surface area contributed by atoms with Crippen molar-refractivity contribution < 1.29 is 27.9 Å². The first kappa shape index (κ1) is 36.7. The molecule has 55 heavy (non-hydrogen) atoms. The molecule has 288 valence electrons. The number of piperazine rings is 1. The molecule has 0 bridgehead atoms. The van der Waals surface area contributed by atoms with E-state index in [1.54, 1.807) is 36.4 Å². The average molecular weight is 753 g/mol. The smallest absolute Gasteiger partial charge is 0.247 e. The minimum absolute atomic E-state index is 0.198. The Morgan fingerprint density at radius 2 is 1.64 bits per heavy atom. The van der Waals surface area contributed by atoms with Crippen molar-refractivity contribution in [3.63, 3.8) is 0 Å². The van der Waals surface area contributed by atoms with Crippen molar-refractivity contribution in [1.82, 2.24) is 19.8 Å². The number of benzene rings is 3. The number of piperidine rings is 1. The summed E-state index contributed by atoms with van der Waals surface area (Å²) in [5.41, 5.74) is 2.98. The second-order valence-corrected chi connectivity index (χ2v) is 14.4. The number of nitrogens with one attached hydrogen (secondary N) is 2. The number of carbonyl (C=O) groups is 1. The van der Waals surface area contributed by atoms with Gasteiger partial charge in [0.05, 0.1) is 36.8 Å². The Kier molecular flexibility index (Phi) is 10.8. The molecule has 4 heterocycles. The van der Waals surface area contributed by atoms with Gasteiger partial charge in [-0.15, -0.1) is 0 Å². The van der Waals surface area contributed by atoms with Gasteiger partial charge in [0.15, 0.2) is 17.4 Å². The molecular weight excluding hydrogens is 706 g/mol. The number of carbonyl (C=O) groups excluding carboxylic acids is 1. The molecule has 14 heteroatoms. The average Bonchev–Trinajstić information content (AvgIpc) is 3.95. The number of hydrogen-bond donors (Lipinski definition) is 2. The zero-order chi connectivity index (χ0) is 37.9. The zero-order valence-electron chi connectivity index (χ0n) is 30.9. The molecule has 4 aromatic rings. The Balaban J connectivity index is 0.981. The molecule has 4 fully saturated rings. The second kappa shape index (κ2) is 16.2. The molecule has 0 unspecified atom stereocenters. The molecule has 2 N–H and O–H groups in total. The fourth-order valence-corrected chi connectivity index (χ4v) is 7.90. The van der Waals surface area contributed by atoms with E-state index < -0.39 is 11.6 Å². The van der Waals surface area contributed by atoms with Crippen LogP contribution in [0.25, 0.3) is 0 Å². The van der Waals surface area contributed by atoms with Gasteiger partial charge in [-0.25, -0.2) is 23.8 Å².